The van der Waals surface area contributed by atoms with Gasteiger partial charge < -0.3 is 11.1 Å². The topological polar surface area (TPSA) is 55.1 Å². The summed E-state index contributed by atoms with van der Waals surface area (Å²) < 4.78 is 13.1. The molecule has 1 fully saturated rings. The number of amides is 1. The fourth-order valence-corrected chi connectivity index (χ4v) is 3.03. The van der Waals surface area contributed by atoms with Gasteiger partial charge in [0.25, 0.3) is 5.91 Å². The summed E-state index contributed by atoms with van der Waals surface area (Å²) in [5, 5.41) is 3.08. The Morgan fingerprint density at radius 1 is 1.40 bits per heavy atom. The molecule has 4 heteroatoms. The number of benzene rings is 1. The highest BCUT2D eigenvalue weighted by atomic mass is 19.1. The van der Waals surface area contributed by atoms with Crippen LogP contribution in [0.3, 0.4) is 0 Å². The Morgan fingerprint density at radius 2 is 2.10 bits per heavy atom. The van der Waals surface area contributed by atoms with Crippen LogP contribution in [0.1, 0.15) is 55.8 Å². The van der Waals surface area contributed by atoms with Gasteiger partial charge in [-0.25, -0.2) is 4.39 Å². The zero-order valence-corrected chi connectivity index (χ0v) is 12.0. The summed E-state index contributed by atoms with van der Waals surface area (Å²) in [7, 11) is 0. The van der Waals surface area contributed by atoms with Gasteiger partial charge in [-0.2, -0.15) is 0 Å². The summed E-state index contributed by atoms with van der Waals surface area (Å²) in [6, 6.07) is 4.33. The van der Waals surface area contributed by atoms with Crippen molar-refractivity contribution in [1.29, 1.82) is 0 Å². The van der Waals surface area contributed by atoms with Crippen LogP contribution in [0.15, 0.2) is 18.2 Å². The normalized spacial score (nSPS) is 17.7. The second-order valence-corrected chi connectivity index (χ2v) is 5.62. The number of nitrogens with two attached hydrogens (primary N) is 1. The Kier molecular flexibility index (Phi) is 4.99. The molecular weight excluding hydrogens is 255 g/mol. The number of anilines is 1. The molecule has 3 N–H and O–H groups in total. The molecule has 0 spiro atoms. The molecule has 2 rings (SSSR count). The van der Waals surface area contributed by atoms with Gasteiger partial charge in [-0.05, 0) is 43.4 Å². The van der Waals surface area contributed by atoms with E-state index in [-0.39, 0.29) is 17.6 Å². The predicted octanol–water partition coefficient (Wildman–Crippen LogP) is 3.50. The highest BCUT2D eigenvalue weighted by molar-refractivity contribution is 5.95. The van der Waals surface area contributed by atoms with E-state index >= 15 is 0 Å². The van der Waals surface area contributed by atoms with E-state index in [2.05, 4.69) is 12.2 Å². The number of hydrogen-bond acceptors (Lipinski definition) is 2. The molecule has 0 aromatic heterocycles. The van der Waals surface area contributed by atoms with Crippen molar-refractivity contribution in [3.63, 3.8) is 0 Å². The van der Waals surface area contributed by atoms with Crippen molar-refractivity contribution in [2.75, 3.05) is 5.73 Å². The third kappa shape index (κ3) is 3.50. The molecule has 1 saturated carbocycles. The van der Waals surface area contributed by atoms with Crippen molar-refractivity contribution in [1.82, 2.24) is 5.32 Å². The van der Waals surface area contributed by atoms with Crippen molar-refractivity contribution in [2.45, 2.75) is 51.5 Å². The number of nitrogens with one attached hydrogen (secondary N) is 1. The van der Waals surface area contributed by atoms with Crippen LogP contribution in [-0.4, -0.2) is 11.9 Å². The molecule has 0 radical (unpaired) electrons. The van der Waals surface area contributed by atoms with Crippen LogP contribution in [0, 0.1) is 11.7 Å². The summed E-state index contributed by atoms with van der Waals surface area (Å²) in [4.78, 5) is 12.2. The fraction of sp³-hybridized carbons (Fsp3) is 0.562. The first kappa shape index (κ1) is 14.8. The molecule has 20 heavy (non-hydrogen) atoms. The summed E-state index contributed by atoms with van der Waals surface area (Å²) in [6.07, 6.45) is 7.10. The molecule has 0 aliphatic heterocycles. The zero-order chi connectivity index (χ0) is 14.5. The molecule has 0 bridgehead atoms. The van der Waals surface area contributed by atoms with Crippen molar-refractivity contribution in [2.24, 2.45) is 5.92 Å². The molecule has 1 aromatic carbocycles. The monoisotopic (exact) mass is 278 g/mol. The van der Waals surface area contributed by atoms with Gasteiger partial charge in [0.2, 0.25) is 0 Å². The van der Waals surface area contributed by atoms with Crippen LogP contribution >= 0.6 is 0 Å². The number of halogens is 1. The van der Waals surface area contributed by atoms with Gasteiger partial charge in [0.15, 0.2) is 0 Å². The second-order valence-electron chi connectivity index (χ2n) is 5.62. The number of nitrogen functional groups attached to an aromatic ring is 1. The van der Waals surface area contributed by atoms with Gasteiger partial charge in [-0.3, -0.25) is 4.79 Å². The lowest BCUT2D eigenvalue weighted by Gasteiger charge is -2.30. The standard InChI is InChI=1S/C16H23FN2O/c1-2-15(11-6-4-3-5-7-11)19-16(20)12-8-9-13(17)14(18)10-12/h8-11,15H,2-7,18H2,1H3,(H,19,20). The molecule has 1 atom stereocenters. The van der Waals surface area contributed by atoms with Gasteiger partial charge in [0, 0.05) is 11.6 Å². The molecule has 1 aliphatic rings. The SMILES string of the molecule is CCC(NC(=O)c1ccc(F)c(N)c1)C1CCCCC1. The average Bonchev–Trinajstić information content (AvgIpc) is 2.48. The molecule has 110 valence electrons. The average molecular weight is 278 g/mol. The third-order valence-corrected chi connectivity index (χ3v) is 4.23. The first-order valence-corrected chi connectivity index (χ1v) is 7.47. The number of carbonyl (C=O) groups excluding carboxylic acids is 1. The Labute approximate surface area is 119 Å². The van der Waals surface area contributed by atoms with E-state index in [0.717, 1.165) is 6.42 Å². The van der Waals surface area contributed by atoms with Crippen molar-refractivity contribution >= 4 is 11.6 Å². The van der Waals surface area contributed by atoms with E-state index in [1.54, 1.807) is 0 Å². The van der Waals surface area contributed by atoms with Crippen LogP contribution in [0.5, 0.6) is 0 Å². The maximum absolute atomic E-state index is 13.1. The maximum atomic E-state index is 13.1. The predicted molar refractivity (Wildman–Crippen MR) is 78.9 cm³/mol. The first-order valence-electron chi connectivity index (χ1n) is 7.47. The molecule has 1 aromatic rings. The van der Waals surface area contributed by atoms with Crippen LogP contribution in [0.25, 0.3) is 0 Å². The minimum absolute atomic E-state index is 0.0170. The third-order valence-electron chi connectivity index (χ3n) is 4.23. The highest BCUT2D eigenvalue weighted by Crippen LogP contribution is 2.28. The summed E-state index contributed by atoms with van der Waals surface area (Å²) in [6.45, 7) is 2.10. The van der Waals surface area contributed by atoms with Crippen LogP contribution in [0.2, 0.25) is 0 Å². The Hall–Kier alpha value is -1.58. The van der Waals surface area contributed by atoms with Crippen molar-refractivity contribution < 1.29 is 9.18 Å². The van der Waals surface area contributed by atoms with Crippen LogP contribution < -0.4 is 11.1 Å². The quantitative estimate of drug-likeness (QED) is 0.828. The molecule has 3 nitrogen and oxygen atoms in total. The minimum Gasteiger partial charge on any atom is -0.396 e. The van der Waals surface area contributed by atoms with Gasteiger partial charge in [0.1, 0.15) is 5.82 Å². The lowest BCUT2D eigenvalue weighted by Crippen LogP contribution is -2.40. The minimum atomic E-state index is -0.485. The fourth-order valence-electron chi connectivity index (χ4n) is 3.03. The van der Waals surface area contributed by atoms with E-state index in [1.807, 2.05) is 0 Å². The Balaban J connectivity index is 2.02. The molecular formula is C16H23FN2O. The van der Waals surface area contributed by atoms with E-state index in [1.165, 1.54) is 50.3 Å². The molecule has 1 amide bonds. The van der Waals surface area contributed by atoms with Crippen molar-refractivity contribution in [3.05, 3.63) is 29.6 Å². The smallest absolute Gasteiger partial charge is 0.251 e. The molecule has 1 aliphatic carbocycles. The Bertz CT molecular complexity index is 470. The molecule has 0 saturated heterocycles. The Morgan fingerprint density at radius 3 is 2.70 bits per heavy atom. The van der Waals surface area contributed by atoms with E-state index in [4.69, 9.17) is 5.73 Å². The first-order chi connectivity index (χ1) is 9.61. The lowest BCUT2D eigenvalue weighted by molar-refractivity contribution is 0.0911. The van der Waals surface area contributed by atoms with Crippen LogP contribution in [0.4, 0.5) is 10.1 Å². The van der Waals surface area contributed by atoms with Gasteiger partial charge in [-0.15, -0.1) is 0 Å². The van der Waals surface area contributed by atoms with Gasteiger partial charge in [-0.1, -0.05) is 26.2 Å². The van der Waals surface area contributed by atoms with Gasteiger partial charge in [0.05, 0.1) is 5.69 Å². The number of hydrogen-bond donors (Lipinski definition) is 2. The number of carbonyl (C=O) groups is 1. The van der Waals surface area contributed by atoms with Crippen molar-refractivity contribution in [3.8, 4) is 0 Å². The maximum Gasteiger partial charge on any atom is 0.251 e. The summed E-state index contributed by atoms with van der Waals surface area (Å²) in [5.41, 5.74) is 5.96. The lowest BCUT2D eigenvalue weighted by atomic mass is 9.83. The zero-order valence-electron chi connectivity index (χ0n) is 12.0. The highest BCUT2D eigenvalue weighted by Gasteiger charge is 2.24. The van der Waals surface area contributed by atoms with Gasteiger partial charge >= 0.3 is 0 Å². The summed E-state index contributed by atoms with van der Waals surface area (Å²) in [5.74, 6) is -0.0782. The van der Waals surface area contributed by atoms with E-state index in [9.17, 15) is 9.18 Å². The summed E-state index contributed by atoms with van der Waals surface area (Å²) >= 11 is 0. The van der Waals surface area contributed by atoms with E-state index < -0.39 is 5.82 Å². The van der Waals surface area contributed by atoms with Crippen LogP contribution in [-0.2, 0) is 0 Å². The molecule has 0 heterocycles. The largest absolute Gasteiger partial charge is 0.396 e. The number of rotatable bonds is 4. The molecule has 1 unspecified atom stereocenters. The van der Waals surface area contributed by atoms with E-state index in [0.29, 0.717) is 11.5 Å². The second kappa shape index (κ2) is 6.73.